The van der Waals surface area contributed by atoms with E-state index in [1.807, 2.05) is 6.92 Å². The summed E-state index contributed by atoms with van der Waals surface area (Å²) < 4.78 is 18.7. The molecule has 0 rings (SSSR count). The fourth-order valence-corrected chi connectivity index (χ4v) is 5.38. The van der Waals surface area contributed by atoms with Crippen molar-refractivity contribution in [3.8, 4) is 0 Å². The average molecular weight is 429 g/mol. The molecule has 0 saturated carbocycles. The van der Waals surface area contributed by atoms with Gasteiger partial charge in [0.1, 0.15) is 6.10 Å². The second-order valence-electron chi connectivity index (χ2n) is 8.76. The van der Waals surface area contributed by atoms with Crippen LogP contribution in [-0.2, 0) is 19.0 Å². The van der Waals surface area contributed by atoms with E-state index in [9.17, 15) is 4.79 Å². The molecule has 0 heterocycles. The molecule has 0 N–H and O–H groups in total. The first-order valence-corrected chi connectivity index (χ1v) is 12.6. The van der Waals surface area contributed by atoms with Gasteiger partial charge in [0.2, 0.25) is 0 Å². The van der Waals surface area contributed by atoms with Crippen LogP contribution in [0.4, 0.5) is 0 Å². The lowest BCUT2D eigenvalue weighted by Crippen LogP contribution is -2.57. The SMILES string of the molecule is CCC(CC)OC(C)C(=O)C(CC)(CC)C(CC)(CC)OCCC(CC)(CC)OC. The Morgan fingerprint density at radius 3 is 1.63 bits per heavy atom. The zero-order chi connectivity index (χ0) is 23.4. The van der Waals surface area contributed by atoms with Crippen molar-refractivity contribution in [1.82, 2.24) is 0 Å². The van der Waals surface area contributed by atoms with E-state index in [4.69, 9.17) is 14.2 Å². The first-order chi connectivity index (χ1) is 14.2. The molecule has 0 aliphatic rings. The third-order valence-electron chi connectivity index (χ3n) is 8.03. The van der Waals surface area contributed by atoms with E-state index in [0.717, 1.165) is 57.8 Å². The van der Waals surface area contributed by atoms with Gasteiger partial charge in [-0.3, -0.25) is 4.79 Å². The maximum atomic E-state index is 13.9. The van der Waals surface area contributed by atoms with E-state index < -0.39 is 17.1 Å². The van der Waals surface area contributed by atoms with Crippen molar-refractivity contribution < 1.29 is 19.0 Å². The van der Waals surface area contributed by atoms with Gasteiger partial charge in [0.05, 0.1) is 29.3 Å². The van der Waals surface area contributed by atoms with Crippen LogP contribution in [-0.4, -0.2) is 42.9 Å². The minimum atomic E-state index is -0.546. The highest BCUT2D eigenvalue weighted by Crippen LogP contribution is 2.48. The number of carbonyl (C=O) groups is 1. The Kier molecular flexibility index (Phi) is 13.6. The zero-order valence-electron chi connectivity index (χ0n) is 21.9. The molecule has 0 bridgehead atoms. The highest BCUT2D eigenvalue weighted by atomic mass is 16.5. The lowest BCUT2D eigenvalue weighted by molar-refractivity contribution is -0.183. The lowest BCUT2D eigenvalue weighted by Gasteiger charge is -2.50. The maximum Gasteiger partial charge on any atom is 0.170 e. The molecule has 4 heteroatoms. The number of carbonyl (C=O) groups excluding carboxylic acids is 1. The molecule has 0 saturated heterocycles. The molecule has 0 aliphatic heterocycles. The fourth-order valence-electron chi connectivity index (χ4n) is 5.38. The number of ketones is 1. The highest BCUT2D eigenvalue weighted by Gasteiger charge is 2.54. The Labute approximate surface area is 187 Å². The van der Waals surface area contributed by atoms with Gasteiger partial charge in [-0.2, -0.15) is 0 Å². The van der Waals surface area contributed by atoms with Crippen LogP contribution in [0.1, 0.15) is 120 Å². The predicted molar refractivity (Wildman–Crippen MR) is 127 cm³/mol. The summed E-state index contributed by atoms with van der Waals surface area (Å²) in [7, 11) is 1.79. The Balaban J connectivity index is 5.82. The van der Waals surface area contributed by atoms with Gasteiger partial charge in [-0.1, -0.05) is 55.4 Å². The number of hydrogen-bond acceptors (Lipinski definition) is 4. The van der Waals surface area contributed by atoms with E-state index in [1.165, 1.54) is 0 Å². The number of ether oxygens (including phenoxy) is 3. The molecular weight excluding hydrogens is 376 g/mol. The molecule has 0 aromatic rings. The molecule has 0 radical (unpaired) electrons. The lowest BCUT2D eigenvalue weighted by atomic mass is 9.61. The van der Waals surface area contributed by atoms with Crippen molar-refractivity contribution in [2.75, 3.05) is 13.7 Å². The van der Waals surface area contributed by atoms with Gasteiger partial charge in [-0.15, -0.1) is 0 Å². The van der Waals surface area contributed by atoms with Gasteiger partial charge in [-0.25, -0.2) is 0 Å². The number of hydrogen-bond donors (Lipinski definition) is 0. The second kappa shape index (κ2) is 13.9. The molecule has 180 valence electrons. The van der Waals surface area contributed by atoms with Gasteiger partial charge >= 0.3 is 0 Å². The van der Waals surface area contributed by atoms with Crippen LogP contribution in [0.25, 0.3) is 0 Å². The van der Waals surface area contributed by atoms with Crippen LogP contribution < -0.4 is 0 Å². The third kappa shape index (κ3) is 6.29. The normalized spacial score (nSPS) is 14.4. The summed E-state index contributed by atoms with van der Waals surface area (Å²) in [6.07, 6.45) is 7.47. The van der Waals surface area contributed by atoms with E-state index >= 15 is 0 Å². The van der Waals surface area contributed by atoms with Crippen LogP contribution in [0.15, 0.2) is 0 Å². The van der Waals surface area contributed by atoms with Crippen LogP contribution in [0.5, 0.6) is 0 Å². The van der Waals surface area contributed by atoms with Crippen molar-refractivity contribution in [3.63, 3.8) is 0 Å². The minimum Gasteiger partial charge on any atom is -0.378 e. The summed E-state index contributed by atoms with van der Waals surface area (Å²) >= 11 is 0. The molecule has 0 aliphatic carbocycles. The quantitative estimate of drug-likeness (QED) is 0.233. The van der Waals surface area contributed by atoms with E-state index in [0.29, 0.717) is 6.61 Å². The summed E-state index contributed by atoms with van der Waals surface area (Å²) in [5, 5.41) is 0. The molecular formula is C26H52O4. The van der Waals surface area contributed by atoms with Crippen molar-refractivity contribution in [2.24, 2.45) is 5.41 Å². The first-order valence-electron chi connectivity index (χ1n) is 12.6. The number of methoxy groups -OCH3 is 1. The van der Waals surface area contributed by atoms with Gasteiger partial charge < -0.3 is 14.2 Å². The average Bonchev–Trinajstić information content (AvgIpc) is 2.79. The van der Waals surface area contributed by atoms with Gasteiger partial charge in [0.25, 0.3) is 0 Å². The zero-order valence-corrected chi connectivity index (χ0v) is 21.9. The molecule has 0 fully saturated rings. The first kappa shape index (κ1) is 29.5. The summed E-state index contributed by atoms with van der Waals surface area (Å²) in [4.78, 5) is 13.9. The minimum absolute atomic E-state index is 0.130. The monoisotopic (exact) mass is 428 g/mol. The smallest absolute Gasteiger partial charge is 0.170 e. The van der Waals surface area contributed by atoms with Crippen LogP contribution in [0.3, 0.4) is 0 Å². The van der Waals surface area contributed by atoms with Crippen LogP contribution >= 0.6 is 0 Å². The van der Waals surface area contributed by atoms with Gasteiger partial charge in [0, 0.05) is 7.11 Å². The summed E-state index contributed by atoms with van der Waals surface area (Å²) in [5.74, 6) is 0.201. The fraction of sp³-hybridized carbons (Fsp3) is 0.962. The molecule has 0 spiro atoms. The van der Waals surface area contributed by atoms with Crippen molar-refractivity contribution in [2.45, 2.75) is 144 Å². The van der Waals surface area contributed by atoms with Gasteiger partial charge in [0.15, 0.2) is 5.78 Å². The van der Waals surface area contributed by atoms with Crippen molar-refractivity contribution in [1.29, 1.82) is 0 Å². The molecule has 30 heavy (non-hydrogen) atoms. The van der Waals surface area contributed by atoms with E-state index in [2.05, 4.69) is 55.4 Å². The second-order valence-corrected chi connectivity index (χ2v) is 8.76. The van der Waals surface area contributed by atoms with Crippen LogP contribution in [0.2, 0.25) is 0 Å². The highest BCUT2D eigenvalue weighted by molar-refractivity contribution is 5.90. The van der Waals surface area contributed by atoms with Crippen molar-refractivity contribution in [3.05, 3.63) is 0 Å². The predicted octanol–water partition coefficient (Wildman–Crippen LogP) is 7.13. The number of Topliss-reactive ketones (excluding diaryl/α,β-unsaturated/α-hetero) is 1. The summed E-state index contributed by atoms with van der Waals surface area (Å²) in [5.41, 5.74) is -1.18. The summed E-state index contributed by atoms with van der Waals surface area (Å²) in [6, 6.07) is 0. The van der Waals surface area contributed by atoms with Crippen LogP contribution in [0, 0.1) is 5.41 Å². The van der Waals surface area contributed by atoms with Crippen molar-refractivity contribution >= 4 is 5.78 Å². The maximum absolute atomic E-state index is 13.9. The molecule has 0 aromatic carbocycles. The Morgan fingerprint density at radius 2 is 1.30 bits per heavy atom. The molecule has 0 amide bonds. The molecule has 1 unspecified atom stereocenters. The van der Waals surface area contributed by atoms with Gasteiger partial charge in [-0.05, 0) is 64.7 Å². The Morgan fingerprint density at radius 1 is 0.800 bits per heavy atom. The third-order valence-corrected chi connectivity index (χ3v) is 8.03. The molecule has 4 nitrogen and oxygen atoms in total. The largest absolute Gasteiger partial charge is 0.378 e. The molecule has 1 atom stereocenters. The Bertz CT molecular complexity index is 449. The topological polar surface area (TPSA) is 44.8 Å². The summed E-state index contributed by atoms with van der Waals surface area (Å²) in [6.45, 7) is 19.7. The molecule has 0 aromatic heterocycles. The Hall–Kier alpha value is -0.450. The van der Waals surface area contributed by atoms with E-state index in [-0.39, 0.29) is 17.5 Å². The number of rotatable bonds is 18. The van der Waals surface area contributed by atoms with E-state index in [1.54, 1.807) is 7.11 Å². The standard InChI is InChI=1S/C26H52O4/c1-11-22(12-2)30-21(9)23(27)25(15-5,16-6)26(17-7,18-8)29-20-19-24(13-3,14-4)28-10/h21-22H,11-20H2,1-10H3.